The van der Waals surface area contributed by atoms with Crippen molar-refractivity contribution in [1.29, 1.82) is 0 Å². The van der Waals surface area contributed by atoms with Crippen molar-refractivity contribution in [2.75, 3.05) is 0 Å². The van der Waals surface area contributed by atoms with Gasteiger partial charge in [-0.2, -0.15) is 0 Å². The molecule has 2 heteroatoms. The van der Waals surface area contributed by atoms with Crippen LogP contribution in [-0.2, 0) is 0 Å². The Bertz CT molecular complexity index is 808. The summed E-state index contributed by atoms with van der Waals surface area (Å²) in [5.74, 6) is 0. The Morgan fingerprint density at radius 2 is 1.53 bits per heavy atom. The number of aromatic amines is 1. The maximum absolute atomic E-state index is 4.67. The Kier molecular flexibility index (Phi) is 2.15. The van der Waals surface area contributed by atoms with Crippen LogP contribution in [0.5, 0.6) is 0 Å². The first-order valence-electron chi connectivity index (χ1n) is 6.34. The molecule has 2 nitrogen and oxygen atoms in total. The molecule has 0 aliphatic rings. The maximum Gasteiger partial charge on any atom is 0.138 e. The molecule has 0 fully saturated rings. The first-order valence-corrected chi connectivity index (χ1v) is 6.34. The first-order chi connectivity index (χ1) is 9.40. The van der Waals surface area contributed by atoms with Gasteiger partial charge in [0.2, 0.25) is 0 Å². The Morgan fingerprint density at radius 3 is 2.42 bits per heavy atom. The quantitative estimate of drug-likeness (QED) is 0.528. The van der Waals surface area contributed by atoms with E-state index in [-0.39, 0.29) is 0 Å². The number of fused-ring (bicyclic) bond motifs is 2. The fraction of sp³-hybridized carbons (Fsp3) is 0. The summed E-state index contributed by atoms with van der Waals surface area (Å²) in [4.78, 5) is 8.06. The van der Waals surface area contributed by atoms with E-state index in [1.807, 2.05) is 36.4 Å². The lowest BCUT2D eigenvalue weighted by atomic mass is 10.1. The van der Waals surface area contributed by atoms with Crippen molar-refractivity contribution in [2.24, 2.45) is 0 Å². The number of nitrogens with zero attached hydrogens (tertiary/aromatic N) is 1. The van der Waals surface area contributed by atoms with Crippen LogP contribution in [0.15, 0.2) is 66.7 Å². The summed E-state index contributed by atoms with van der Waals surface area (Å²) in [5, 5.41) is 2.33. The molecule has 0 saturated heterocycles. The minimum Gasteiger partial charge on any atom is -0.339 e. The highest BCUT2D eigenvalue weighted by Crippen LogP contribution is 2.25. The molecule has 1 N–H and O–H groups in total. The second-order valence-electron chi connectivity index (χ2n) is 4.67. The number of benzene rings is 2. The summed E-state index contributed by atoms with van der Waals surface area (Å²) in [6.07, 6.45) is 0. The van der Waals surface area contributed by atoms with Gasteiger partial charge in [-0.3, -0.25) is 0 Å². The molecular weight excluding hydrogens is 232 g/mol. The molecule has 2 aromatic heterocycles. The van der Waals surface area contributed by atoms with Gasteiger partial charge in [0.15, 0.2) is 0 Å². The molecule has 0 atom stereocenters. The second-order valence-corrected chi connectivity index (χ2v) is 4.67. The Hall–Kier alpha value is -2.61. The highest BCUT2D eigenvalue weighted by molar-refractivity contribution is 5.93. The average molecular weight is 244 g/mol. The van der Waals surface area contributed by atoms with Gasteiger partial charge in [-0.1, -0.05) is 48.5 Å². The Labute approximate surface area is 110 Å². The van der Waals surface area contributed by atoms with Crippen LogP contribution in [0, 0.1) is 0 Å². The smallest absolute Gasteiger partial charge is 0.138 e. The van der Waals surface area contributed by atoms with Crippen molar-refractivity contribution in [2.45, 2.75) is 0 Å². The molecule has 0 amide bonds. The zero-order valence-electron chi connectivity index (χ0n) is 10.3. The molecule has 0 aliphatic heterocycles. The minimum absolute atomic E-state index is 0.942. The molecule has 0 unspecified atom stereocenters. The molecule has 0 aliphatic carbocycles. The number of hydrogen-bond acceptors (Lipinski definition) is 1. The Balaban J connectivity index is 1.98. The van der Waals surface area contributed by atoms with Crippen LogP contribution in [0.3, 0.4) is 0 Å². The standard InChI is InChI=1S/C17H12N2/c1-2-6-12(7-3-1)16-11-14-10-13-8-4-5-9-15(13)18-17(14)19-16/h1-11H,(H,18,19). The highest BCUT2D eigenvalue weighted by atomic mass is 14.9. The van der Waals surface area contributed by atoms with E-state index in [1.54, 1.807) is 0 Å². The van der Waals surface area contributed by atoms with E-state index in [9.17, 15) is 0 Å². The van der Waals surface area contributed by atoms with E-state index < -0.39 is 0 Å². The van der Waals surface area contributed by atoms with Crippen molar-refractivity contribution in [3.8, 4) is 11.3 Å². The van der Waals surface area contributed by atoms with E-state index in [2.05, 4.69) is 40.3 Å². The fourth-order valence-corrected chi connectivity index (χ4v) is 2.43. The maximum atomic E-state index is 4.67. The minimum atomic E-state index is 0.942. The number of rotatable bonds is 1. The van der Waals surface area contributed by atoms with Gasteiger partial charge in [0, 0.05) is 16.5 Å². The summed E-state index contributed by atoms with van der Waals surface area (Å²) < 4.78 is 0. The van der Waals surface area contributed by atoms with Crippen LogP contribution in [0.2, 0.25) is 0 Å². The number of aromatic nitrogens is 2. The first kappa shape index (κ1) is 10.3. The van der Waals surface area contributed by atoms with Gasteiger partial charge >= 0.3 is 0 Å². The summed E-state index contributed by atoms with van der Waals surface area (Å²) >= 11 is 0. The molecule has 19 heavy (non-hydrogen) atoms. The monoisotopic (exact) mass is 244 g/mol. The Morgan fingerprint density at radius 1 is 0.737 bits per heavy atom. The van der Waals surface area contributed by atoms with Gasteiger partial charge in [0.05, 0.1) is 5.52 Å². The third-order valence-corrected chi connectivity index (χ3v) is 3.39. The van der Waals surface area contributed by atoms with E-state index in [0.717, 1.165) is 22.2 Å². The average Bonchev–Trinajstić information content (AvgIpc) is 2.88. The van der Waals surface area contributed by atoms with E-state index in [1.165, 1.54) is 10.9 Å². The lowest BCUT2D eigenvalue weighted by Crippen LogP contribution is -1.80. The van der Waals surface area contributed by atoms with Crippen LogP contribution >= 0.6 is 0 Å². The van der Waals surface area contributed by atoms with Crippen molar-refractivity contribution in [3.05, 3.63) is 66.7 Å². The number of H-pyrrole nitrogens is 1. The van der Waals surface area contributed by atoms with E-state index >= 15 is 0 Å². The molecule has 2 heterocycles. The lowest BCUT2D eigenvalue weighted by Gasteiger charge is -1.96. The van der Waals surface area contributed by atoms with E-state index in [4.69, 9.17) is 0 Å². The van der Waals surface area contributed by atoms with Crippen LogP contribution in [-0.4, -0.2) is 9.97 Å². The molecule has 90 valence electrons. The predicted octanol–water partition coefficient (Wildman–Crippen LogP) is 4.38. The lowest BCUT2D eigenvalue weighted by molar-refractivity contribution is 1.37. The van der Waals surface area contributed by atoms with Gasteiger partial charge in [0.25, 0.3) is 0 Å². The predicted molar refractivity (Wildman–Crippen MR) is 79.0 cm³/mol. The van der Waals surface area contributed by atoms with Crippen molar-refractivity contribution in [1.82, 2.24) is 9.97 Å². The SMILES string of the molecule is c1ccc(-c2cc3cc4ccccc4nc3[nH]2)cc1. The summed E-state index contributed by atoms with van der Waals surface area (Å²) in [6, 6.07) is 22.9. The summed E-state index contributed by atoms with van der Waals surface area (Å²) in [6.45, 7) is 0. The zero-order valence-corrected chi connectivity index (χ0v) is 10.3. The van der Waals surface area contributed by atoms with Crippen molar-refractivity contribution in [3.63, 3.8) is 0 Å². The fourth-order valence-electron chi connectivity index (χ4n) is 2.43. The highest BCUT2D eigenvalue weighted by Gasteiger charge is 2.05. The topological polar surface area (TPSA) is 28.7 Å². The summed E-state index contributed by atoms with van der Waals surface area (Å²) in [5.41, 5.74) is 4.26. The normalized spacial score (nSPS) is 11.2. The van der Waals surface area contributed by atoms with Gasteiger partial charge in [-0.25, -0.2) is 4.98 Å². The second kappa shape index (κ2) is 3.95. The van der Waals surface area contributed by atoms with Gasteiger partial charge in [-0.15, -0.1) is 0 Å². The molecule has 4 rings (SSSR count). The molecule has 2 aromatic carbocycles. The van der Waals surface area contributed by atoms with E-state index in [0.29, 0.717) is 0 Å². The third-order valence-electron chi connectivity index (χ3n) is 3.39. The number of hydrogen-bond donors (Lipinski definition) is 1. The van der Waals surface area contributed by atoms with Crippen LogP contribution < -0.4 is 0 Å². The molecule has 0 saturated carbocycles. The molecular formula is C17H12N2. The van der Waals surface area contributed by atoms with Gasteiger partial charge in [-0.05, 0) is 23.8 Å². The van der Waals surface area contributed by atoms with Crippen LogP contribution in [0.4, 0.5) is 0 Å². The number of para-hydroxylation sites is 1. The van der Waals surface area contributed by atoms with Gasteiger partial charge < -0.3 is 4.98 Å². The van der Waals surface area contributed by atoms with Gasteiger partial charge in [0.1, 0.15) is 5.65 Å². The van der Waals surface area contributed by atoms with Crippen molar-refractivity contribution >= 4 is 21.9 Å². The molecule has 0 radical (unpaired) electrons. The largest absolute Gasteiger partial charge is 0.339 e. The molecule has 0 spiro atoms. The molecule has 4 aromatic rings. The zero-order chi connectivity index (χ0) is 12.7. The third kappa shape index (κ3) is 1.69. The van der Waals surface area contributed by atoms with Crippen molar-refractivity contribution < 1.29 is 0 Å². The number of nitrogens with one attached hydrogen (secondary N) is 1. The molecule has 0 bridgehead atoms. The van der Waals surface area contributed by atoms with Crippen LogP contribution in [0.1, 0.15) is 0 Å². The van der Waals surface area contributed by atoms with Crippen LogP contribution in [0.25, 0.3) is 33.2 Å². The number of pyridine rings is 1. The summed E-state index contributed by atoms with van der Waals surface area (Å²) in [7, 11) is 0.